The third-order valence-corrected chi connectivity index (χ3v) is 4.95. The minimum absolute atomic E-state index is 0.0813. The zero-order valence-corrected chi connectivity index (χ0v) is 18.9. The van der Waals surface area contributed by atoms with Crippen LogP contribution in [0.4, 0.5) is 0 Å². The second-order valence-corrected chi connectivity index (χ2v) is 7.39. The molecule has 174 valence electrons. The fourth-order valence-electron chi connectivity index (χ4n) is 3.32. The standard InChI is InChI=1S/C27H24O7/c1-3-30-22-11-7-8-12-23(22)34-27-18(2)33-24-15-20(13-14-21(24)26(27)29)31-17-25(28)32-16-19-9-5-4-6-10-19/h4-15H,3,16-17H2,1-2H3. The summed E-state index contributed by atoms with van der Waals surface area (Å²) in [6.07, 6.45) is 0. The van der Waals surface area contributed by atoms with E-state index < -0.39 is 5.97 Å². The van der Waals surface area contributed by atoms with Gasteiger partial charge in [-0.1, -0.05) is 42.5 Å². The molecule has 4 aromatic rings. The first-order valence-electron chi connectivity index (χ1n) is 10.8. The topological polar surface area (TPSA) is 84.2 Å². The highest BCUT2D eigenvalue weighted by molar-refractivity contribution is 5.80. The van der Waals surface area contributed by atoms with Crippen molar-refractivity contribution in [3.8, 4) is 23.0 Å². The van der Waals surface area contributed by atoms with E-state index in [0.717, 1.165) is 5.56 Å². The summed E-state index contributed by atoms with van der Waals surface area (Å²) in [6, 6.07) is 21.2. The second kappa shape index (κ2) is 10.6. The van der Waals surface area contributed by atoms with Crippen LogP contribution in [0.1, 0.15) is 18.2 Å². The fraction of sp³-hybridized carbons (Fsp3) is 0.185. The van der Waals surface area contributed by atoms with Crippen LogP contribution < -0.4 is 19.6 Å². The van der Waals surface area contributed by atoms with Crippen LogP contribution in [-0.4, -0.2) is 19.2 Å². The van der Waals surface area contributed by atoms with E-state index in [1.54, 1.807) is 43.3 Å². The van der Waals surface area contributed by atoms with Gasteiger partial charge in [-0.15, -0.1) is 0 Å². The molecule has 0 bridgehead atoms. The van der Waals surface area contributed by atoms with Crippen molar-refractivity contribution >= 4 is 16.9 Å². The smallest absolute Gasteiger partial charge is 0.344 e. The number of carbonyl (C=O) groups excluding carboxylic acids is 1. The predicted molar refractivity (Wildman–Crippen MR) is 127 cm³/mol. The molecular weight excluding hydrogens is 436 g/mol. The highest BCUT2D eigenvalue weighted by atomic mass is 16.6. The molecule has 0 N–H and O–H groups in total. The highest BCUT2D eigenvalue weighted by Gasteiger charge is 2.17. The average Bonchev–Trinajstić information content (AvgIpc) is 2.85. The molecule has 4 rings (SSSR count). The third-order valence-electron chi connectivity index (χ3n) is 4.95. The number of esters is 1. The van der Waals surface area contributed by atoms with Crippen LogP contribution in [0.5, 0.6) is 23.0 Å². The molecular formula is C27H24O7. The van der Waals surface area contributed by atoms with E-state index in [-0.39, 0.29) is 24.4 Å². The summed E-state index contributed by atoms with van der Waals surface area (Å²) >= 11 is 0. The molecule has 0 atom stereocenters. The van der Waals surface area contributed by atoms with Gasteiger partial charge in [0.25, 0.3) is 0 Å². The van der Waals surface area contributed by atoms with Crippen molar-refractivity contribution in [2.24, 2.45) is 0 Å². The molecule has 0 unspecified atom stereocenters. The lowest BCUT2D eigenvalue weighted by Crippen LogP contribution is -2.15. The van der Waals surface area contributed by atoms with Crippen LogP contribution >= 0.6 is 0 Å². The lowest BCUT2D eigenvalue weighted by atomic mass is 10.2. The molecule has 1 aromatic heterocycles. The molecule has 0 spiro atoms. The van der Waals surface area contributed by atoms with Crippen LogP contribution in [-0.2, 0) is 16.1 Å². The van der Waals surface area contributed by atoms with Gasteiger partial charge >= 0.3 is 5.97 Å². The minimum atomic E-state index is -0.502. The summed E-state index contributed by atoms with van der Waals surface area (Å²) < 4.78 is 28.0. The number of hydrogen-bond acceptors (Lipinski definition) is 7. The van der Waals surface area contributed by atoms with E-state index in [9.17, 15) is 9.59 Å². The molecule has 0 radical (unpaired) electrons. The zero-order chi connectivity index (χ0) is 23.9. The molecule has 0 saturated heterocycles. The van der Waals surface area contributed by atoms with E-state index in [4.69, 9.17) is 23.4 Å². The summed E-state index contributed by atoms with van der Waals surface area (Å²) in [7, 11) is 0. The van der Waals surface area contributed by atoms with Gasteiger partial charge in [-0.05, 0) is 43.7 Å². The SMILES string of the molecule is CCOc1ccccc1Oc1c(C)oc2cc(OCC(=O)OCc3ccccc3)ccc2c1=O. The Morgan fingerprint density at radius 2 is 1.65 bits per heavy atom. The first-order valence-corrected chi connectivity index (χ1v) is 10.8. The number of aryl methyl sites for hydroxylation is 1. The van der Waals surface area contributed by atoms with E-state index in [0.29, 0.717) is 40.6 Å². The van der Waals surface area contributed by atoms with Crippen molar-refractivity contribution < 1.29 is 28.2 Å². The van der Waals surface area contributed by atoms with Gasteiger partial charge in [-0.2, -0.15) is 0 Å². The summed E-state index contributed by atoms with van der Waals surface area (Å²) in [6.45, 7) is 3.89. The van der Waals surface area contributed by atoms with E-state index in [1.807, 2.05) is 43.3 Å². The van der Waals surface area contributed by atoms with Gasteiger partial charge in [-0.3, -0.25) is 4.79 Å². The number of para-hydroxylation sites is 2. The van der Waals surface area contributed by atoms with Crippen molar-refractivity contribution in [1.82, 2.24) is 0 Å². The highest BCUT2D eigenvalue weighted by Crippen LogP contribution is 2.33. The number of rotatable bonds is 9. The normalized spacial score (nSPS) is 10.6. The lowest BCUT2D eigenvalue weighted by molar-refractivity contribution is -0.147. The van der Waals surface area contributed by atoms with Crippen molar-refractivity contribution in [3.05, 3.63) is 94.3 Å². The maximum atomic E-state index is 13.1. The Hall–Kier alpha value is -4.26. The van der Waals surface area contributed by atoms with Crippen molar-refractivity contribution in [2.75, 3.05) is 13.2 Å². The van der Waals surface area contributed by atoms with E-state index in [2.05, 4.69) is 0 Å². The van der Waals surface area contributed by atoms with Crippen LogP contribution in [0.3, 0.4) is 0 Å². The van der Waals surface area contributed by atoms with Gasteiger partial charge in [0.1, 0.15) is 23.7 Å². The molecule has 7 nitrogen and oxygen atoms in total. The lowest BCUT2D eigenvalue weighted by Gasteiger charge is -2.13. The summed E-state index contributed by atoms with van der Waals surface area (Å²) in [5, 5.41) is 0.327. The summed E-state index contributed by atoms with van der Waals surface area (Å²) in [5.41, 5.74) is 0.891. The minimum Gasteiger partial charge on any atom is -0.490 e. The third kappa shape index (κ3) is 5.38. The number of fused-ring (bicyclic) bond motifs is 1. The quantitative estimate of drug-likeness (QED) is 0.309. The number of carbonyl (C=O) groups is 1. The Kier molecular flexibility index (Phi) is 7.13. The molecule has 0 aliphatic heterocycles. The van der Waals surface area contributed by atoms with Crippen molar-refractivity contribution in [3.63, 3.8) is 0 Å². The first kappa shape index (κ1) is 22.9. The first-order chi connectivity index (χ1) is 16.5. The number of ether oxygens (including phenoxy) is 4. The largest absolute Gasteiger partial charge is 0.490 e. The zero-order valence-electron chi connectivity index (χ0n) is 18.9. The summed E-state index contributed by atoms with van der Waals surface area (Å²) in [4.78, 5) is 25.1. The van der Waals surface area contributed by atoms with Gasteiger partial charge in [0, 0.05) is 6.07 Å². The Labute approximate surface area is 196 Å². The van der Waals surface area contributed by atoms with Gasteiger partial charge in [-0.25, -0.2) is 4.79 Å². The van der Waals surface area contributed by atoms with Gasteiger partial charge in [0.2, 0.25) is 11.2 Å². The molecule has 7 heteroatoms. The Morgan fingerprint density at radius 1 is 0.912 bits per heavy atom. The Balaban J connectivity index is 1.47. The summed E-state index contributed by atoms with van der Waals surface area (Å²) in [5.74, 6) is 1.22. The van der Waals surface area contributed by atoms with Crippen molar-refractivity contribution in [1.29, 1.82) is 0 Å². The Morgan fingerprint density at radius 3 is 2.41 bits per heavy atom. The molecule has 0 saturated carbocycles. The second-order valence-electron chi connectivity index (χ2n) is 7.39. The molecule has 3 aromatic carbocycles. The van der Waals surface area contributed by atoms with Gasteiger partial charge in [0.15, 0.2) is 18.1 Å². The average molecular weight is 460 g/mol. The molecule has 0 amide bonds. The van der Waals surface area contributed by atoms with E-state index >= 15 is 0 Å². The molecule has 0 fully saturated rings. The maximum Gasteiger partial charge on any atom is 0.344 e. The fourth-order valence-corrected chi connectivity index (χ4v) is 3.32. The maximum absolute atomic E-state index is 13.1. The van der Waals surface area contributed by atoms with Gasteiger partial charge in [0.05, 0.1) is 12.0 Å². The van der Waals surface area contributed by atoms with Crippen LogP contribution in [0.2, 0.25) is 0 Å². The molecule has 34 heavy (non-hydrogen) atoms. The number of benzene rings is 3. The van der Waals surface area contributed by atoms with Crippen LogP contribution in [0.25, 0.3) is 11.0 Å². The van der Waals surface area contributed by atoms with Crippen molar-refractivity contribution in [2.45, 2.75) is 20.5 Å². The molecule has 0 aliphatic carbocycles. The van der Waals surface area contributed by atoms with Crippen LogP contribution in [0.15, 0.2) is 82.0 Å². The van der Waals surface area contributed by atoms with E-state index in [1.165, 1.54) is 0 Å². The van der Waals surface area contributed by atoms with Crippen LogP contribution in [0, 0.1) is 6.92 Å². The van der Waals surface area contributed by atoms with Gasteiger partial charge < -0.3 is 23.4 Å². The monoisotopic (exact) mass is 460 g/mol. The molecule has 1 heterocycles. The Bertz CT molecular complexity index is 1340. The predicted octanol–water partition coefficient (Wildman–Crippen LogP) is 5.41. The number of hydrogen-bond donors (Lipinski definition) is 0. The molecule has 0 aliphatic rings.